The number of nitrogens with one attached hydrogen (secondary N) is 1. The van der Waals surface area contributed by atoms with Gasteiger partial charge in [0.2, 0.25) is 0 Å². The van der Waals surface area contributed by atoms with Crippen LogP contribution < -0.4 is 15.8 Å². The normalized spacial score (nSPS) is 18.8. The zero-order valence-corrected chi connectivity index (χ0v) is 8.63. The summed E-state index contributed by atoms with van der Waals surface area (Å²) >= 11 is 0. The molecule has 0 bridgehead atoms. The van der Waals surface area contributed by atoms with Gasteiger partial charge in [-0.05, 0) is 13.0 Å². The smallest absolute Gasteiger partial charge is 0.124 e. The van der Waals surface area contributed by atoms with Crippen LogP contribution in [0.25, 0.3) is 0 Å². The van der Waals surface area contributed by atoms with E-state index in [0.717, 1.165) is 24.4 Å². The molecule has 0 spiro atoms. The number of methoxy groups -OCH3 is 1. The fraction of sp³-hybridized carbons (Fsp3) is 0.455. The van der Waals surface area contributed by atoms with Crippen LogP contribution in [0, 0.1) is 6.92 Å². The minimum Gasteiger partial charge on any atom is -0.496 e. The molecular formula is C11H16N2O. The average Bonchev–Trinajstić information content (AvgIpc) is 2.14. The first-order chi connectivity index (χ1) is 6.65. The topological polar surface area (TPSA) is 47.3 Å². The third-order valence-corrected chi connectivity index (χ3v) is 2.77. The van der Waals surface area contributed by atoms with E-state index >= 15 is 0 Å². The molecule has 3 nitrogen and oxygen atoms in total. The Bertz CT molecular complexity index is 345. The number of ether oxygens (including phenoxy) is 1. The van der Waals surface area contributed by atoms with Gasteiger partial charge in [-0.2, -0.15) is 0 Å². The maximum atomic E-state index is 6.23. The Hall–Kier alpha value is -1.06. The fourth-order valence-corrected chi connectivity index (χ4v) is 1.80. The predicted molar refractivity (Wildman–Crippen MR) is 56.5 cm³/mol. The Morgan fingerprint density at radius 3 is 2.64 bits per heavy atom. The van der Waals surface area contributed by atoms with Crippen LogP contribution in [0.15, 0.2) is 18.2 Å². The molecule has 3 heteroatoms. The van der Waals surface area contributed by atoms with Gasteiger partial charge in [0.1, 0.15) is 5.75 Å². The molecule has 76 valence electrons. The van der Waals surface area contributed by atoms with E-state index in [0.29, 0.717) is 0 Å². The van der Waals surface area contributed by atoms with Gasteiger partial charge < -0.3 is 15.8 Å². The number of hydrogen-bond donors (Lipinski definition) is 2. The molecule has 0 unspecified atom stereocenters. The van der Waals surface area contributed by atoms with Crippen molar-refractivity contribution in [1.82, 2.24) is 5.32 Å². The van der Waals surface area contributed by atoms with Crippen LogP contribution in [-0.4, -0.2) is 20.2 Å². The van der Waals surface area contributed by atoms with E-state index in [4.69, 9.17) is 10.5 Å². The van der Waals surface area contributed by atoms with Gasteiger partial charge in [0.15, 0.2) is 0 Å². The lowest BCUT2D eigenvalue weighted by Crippen LogP contribution is -2.62. The summed E-state index contributed by atoms with van der Waals surface area (Å²) in [6, 6.07) is 6.13. The third kappa shape index (κ3) is 1.38. The molecule has 1 aromatic rings. The molecule has 0 aromatic heterocycles. The monoisotopic (exact) mass is 192 g/mol. The summed E-state index contributed by atoms with van der Waals surface area (Å²) in [5.74, 6) is 0.889. The number of nitrogens with two attached hydrogens (primary N) is 1. The second kappa shape index (κ2) is 3.26. The van der Waals surface area contributed by atoms with Gasteiger partial charge in [0, 0.05) is 18.7 Å². The molecule has 0 aliphatic carbocycles. The third-order valence-electron chi connectivity index (χ3n) is 2.77. The van der Waals surface area contributed by atoms with Gasteiger partial charge in [-0.15, -0.1) is 0 Å². The van der Waals surface area contributed by atoms with E-state index in [-0.39, 0.29) is 5.54 Å². The Morgan fingerprint density at radius 1 is 1.43 bits per heavy atom. The predicted octanol–water partition coefficient (Wildman–Crippen LogP) is 0.761. The highest BCUT2D eigenvalue weighted by molar-refractivity contribution is 5.43. The molecule has 14 heavy (non-hydrogen) atoms. The molecule has 1 fully saturated rings. The maximum absolute atomic E-state index is 6.23. The molecular weight excluding hydrogens is 176 g/mol. The highest BCUT2D eigenvalue weighted by Crippen LogP contribution is 2.31. The Balaban J connectivity index is 2.43. The van der Waals surface area contributed by atoms with Crippen LogP contribution in [0.5, 0.6) is 5.75 Å². The Kier molecular flexibility index (Phi) is 2.21. The van der Waals surface area contributed by atoms with Gasteiger partial charge in [0.05, 0.1) is 12.6 Å². The van der Waals surface area contributed by atoms with Crippen molar-refractivity contribution in [1.29, 1.82) is 0 Å². The minimum absolute atomic E-state index is 0.239. The zero-order chi connectivity index (χ0) is 10.2. The largest absolute Gasteiger partial charge is 0.496 e. The van der Waals surface area contributed by atoms with E-state index in [1.807, 2.05) is 12.1 Å². The number of rotatable bonds is 2. The lowest BCUT2D eigenvalue weighted by Gasteiger charge is -2.40. The van der Waals surface area contributed by atoms with Gasteiger partial charge >= 0.3 is 0 Å². The zero-order valence-electron chi connectivity index (χ0n) is 8.63. The standard InChI is InChI=1S/C11H16N2O/c1-8-3-4-10(14-2)9(5-8)11(12)6-13-7-11/h3-5,13H,6-7,12H2,1-2H3. The lowest BCUT2D eigenvalue weighted by atomic mass is 9.84. The Labute approximate surface area is 84.3 Å². The van der Waals surface area contributed by atoms with Crippen molar-refractivity contribution in [3.8, 4) is 5.75 Å². The molecule has 0 atom stereocenters. The average molecular weight is 192 g/mol. The quantitative estimate of drug-likeness (QED) is 0.727. The summed E-state index contributed by atoms with van der Waals surface area (Å²) < 4.78 is 5.31. The molecule has 1 aliphatic rings. The number of hydrogen-bond acceptors (Lipinski definition) is 3. The van der Waals surface area contributed by atoms with E-state index in [1.54, 1.807) is 7.11 Å². The molecule has 1 saturated heterocycles. The summed E-state index contributed by atoms with van der Waals surface area (Å²) in [5.41, 5.74) is 8.32. The van der Waals surface area contributed by atoms with Crippen LogP contribution in [-0.2, 0) is 5.54 Å². The second-order valence-electron chi connectivity index (χ2n) is 3.96. The van der Waals surface area contributed by atoms with Crippen molar-refractivity contribution < 1.29 is 4.74 Å². The first-order valence-corrected chi connectivity index (χ1v) is 4.80. The van der Waals surface area contributed by atoms with Crippen LogP contribution in [0.3, 0.4) is 0 Å². The van der Waals surface area contributed by atoms with E-state index in [9.17, 15) is 0 Å². The van der Waals surface area contributed by atoms with Crippen LogP contribution in [0.2, 0.25) is 0 Å². The lowest BCUT2D eigenvalue weighted by molar-refractivity contribution is 0.274. The SMILES string of the molecule is COc1ccc(C)cc1C1(N)CNC1. The fourth-order valence-electron chi connectivity index (χ4n) is 1.80. The van der Waals surface area contributed by atoms with E-state index in [1.165, 1.54) is 5.56 Å². The first kappa shape index (κ1) is 9.49. The number of aryl methyl sites for hydroxylation is 1. The maximum Gasteiger partial charge on any atom is 0.124 e. The van der Waals surface area contributed by atoms with Gasteiger partial charge in [-0.25, -0.2) is 0 Å². The van der Waals surface area contributed by atoms with Crippen LogP contribution in [0.1, 0.15) is 11.1 Å². The van der Waals surface area contributed by atoms with Gasteiger partial charge in [-0.1, -0.05) is 17.7 Å². The molecule has 0 saturated carbocycles. The highest BCUT2D eigenvalue weighted by atomic mass is 16.5. The summed E-state index contributed by atoms with van der Waals surface area (Å²) in [7, 11) is 1.68. The van der Waals surface area contributed by atoms with E-state index in [2.05, 4.69) is 18.3 Å². The van der Waals surface area contributed by atoms with Crippen molar-refractivity contribution in [2.45, 2.75) is 12.5 Å². The van der Waals surface area contributed by atoms with Crippen molar-refractivity contribution in [2.24, 2.45) is 5.73 Å². The molecule has 0 radical (unpaired) electrons. The molecule has 3 N–H and O–H groups in total. The minimum atomic E-state index is -0.239. The van der Waals surface area contributed by atoms with Crippen molar-refractivity contribution in [2.75, 3.05) is 20.2 Å². The molecule has 0 amide bonds. The van der Waals surface area contributed by atoms with Crippen molar-refractivity contribution in [3.05, 3.63) is 29.3 Å². The van der Waals surface area contributed by atoms with Crippen LogP contribution in [0.4, 0.5) is 0 Å². The number of benzene rings is 1. The van der Waals surface area contributed by atoms with Gasteiger partial charge in [-0.3, -0.25) is 0 Å². The summed E-state index contributed by atoms with van der Waals surface area (Å²) in [4.78, 5) is 0. The molecule has 1 heterocycles. The first-order valence-electron chi connectivity index (χ1n) is 4.80. The molecule has 2 rings (SSSR count). The van der Waals surface area contributed by atoms with Crippen LogP contribution >= 0.6 is 0 Å². The molecule has 1 aromatic carbocycles. The summed E-state index contributed by atoms with van der Waals surface area (Å²) in [6.07, 6.45) is 0. The van der Waals surface area contributed by atoms with Crippen molar-refractivity contribution in [3.63, 3.8) is 0 Å². The summed E-state index contributed by atoms with van der Waals surface area (Å²) in [5, 5.41) is 3.19. The summed E-state index contributed by atoms with van der Waals surface area (Å²) in [6.45, 7) is 3.72. The highest BCUT2D eigenvalue weighted by Gasteiger charge is 2.36. The Morgan fingerprint density at radius 2 is 2.14 bits per heavy atom. The van der Waals surface area contributed by atoms with Gasteiger partial charge in [0.25, 0.3) is 0 Å². The van der Waals surface area contributed by atoms with Crippen molar-refractivity contribution >= 4 is 0 Å². The van der Waals surface area contributed by atoms with E-state index < -0.39 is 0 Å². The second-order valence-corrected chi connectivity index (χ2v) is 3.96. The molecule has 1 aliphatic heterocycles.